The topological polar surface area (TPSA) is 182 Å². The maximum atomic E-state index is 10.9. The van der Waals surface area contributed by atoms with Gasteiger partial charge in [0.25, 0.3) is 5.09 Å². The van der Waals surface area contributed by atoms with Gasteiger partial charge in [0.1, 0.15) is 0 Å². The molecule has 1 aromatic rings. The van der Waals surface area contributed by atoms with Crippen LogP contribution in [-0.4, -0.2) is 25.6 Å². The van der Waals surface area contributed by atoms with E-state index in [0.29, 0.717) is 0 Å². The Morgan fingerprint density at radius 2 is 1.29 bits per heavy atom. The Hall–Kier alpha value is -3.38. The van der Waals surface area contributed by atoms with E-state index < -0.39 is 37.3 Å². The number of benzene rings is 1. The largest absolute Gasteiger partial charge is 0.731 e. The van der Waals surface area contributed by atoms with Crippen molar-refractivity contribution in [2.45, 2.75) is 11.9 Å². The van der Waals surface area contributed by atoms with Gasteiger partial charge in [0, 0.05) is 5.56 Å². The number of hydrogen-bond acceptors (Lipinski definition) is 9. The molecule has 13 heteroatoms. The van der Waals surface area contributed by atoms with E-state index >= 15 is 0 Å². The molecule has 0 aliphatic carbocycles. The van der Waals surface area contributed by atoms with Crippen LogP contribution in [0.1, 0.15) is 11.7 Å². The van der Waals surface area contributed by atoms with Crippen molar-refractivity contribution in [3.05, 3.63) is 76.4 Å². The Bertz CT molecular complexity index is 553. The van der Waals surface area contributed by atoms with Gasteiger partial charge in [-0.2, -0.15) is 0 Å². The average Bonchev–Trinajstić information content (AvgIpc) is 2.37. The van der Waals surface area contributed by atoms with E-state index in [2.05, 4.69) is 4.84 Å². The van der Waals surface area contributed by atoms with E-state index in [1.807, 2.05) is 0 Å². The molecule has 1 unspecified atom stereocenters. The smallest absolute Gasteiger partial charge is 0.280 e. The molecule has 0 spiro atoms. The maximum absolute atomic E-state index is 10.9. The molecule has 13 nitrogen and oxygen atoms in total. The average molecular weight is 302 g/mol. The van der Waals surface area contributed by atoms with Gasteiger partial charge in [-0.25, -0.2) is 0 Å². The Balaban J connectivity index is 3.59. The van der Waals surface area contributed by atoms with Crippen LogP contribution in [0.3, 0.4) is 0 Å². The molecule has 0 saturated heterocycles. The highest BCUT2D eigenvalue weighted by Crippen LogP contribution is 2.33. The Labute approximate surface area is 114 Å². The minimum Gasteiger partial charge on any atom is -0.280 e. The van der Waals surface area contributed by atoms with Crippen LogP contribution in [0.15, 0.2) is 30.3 Å². The first-order valence-electron chi connectivity index (χ1n) is 5.04. The van der Waals surface area contributed by atoms with Crippen LogP contribution in [0.4, 0.5) is 0 Å². The van der Waals surface area contributed by atoms with Crippen molar-refractivity contribution in [3.8, 4) is 0 Å². The summed E-state index contributed by atoms with van der Waals surface area (Å²) in [5, 5.41) is 41.6. The molecule has 1 atom stereocenters. The number of rotatable bonds is 7. The highest BCUT2D eigenvalue weighted by atomic mass is 17.0. The summed E-state index contributed by atoms with van der Waals surface area (Å²) < 4.78 is 0. The first kappa shape index (κ1) is 15.7. The summed E-state index contributed by atoms with van der Waals surface area (Å²) in [4.78, 5) is 41.5. The molecule has 21 heavy (non-hydrogen) atoms. The zero-order chi connectivity index (χ0) is 16.2. The molecule has 0 amide bonds. The second-order valence-electron chi connectivity index (χ2n) is 3.58. The predicted molar refractivity (Wildman–Crippen MR) is 61.0 cm³/mol. The zero-order valence-electron chi connectivity index (χ0n) is 9.93. The van der Waals surface area contributed by atoms with E-state index in [1.54, 1.807) is 0 Å². The van der Waals surface area contributed by atoms with Crippen molar-refractivity contribution in [2.75, 3.05) is 0 Å². The van der Waals surface area contributed by atoms with Crippen LogP contribution in [0.5, 0.6) is 0 Å². The van der Waals surface area contributed by atoms with Crippen LogP contribution in [-0.2, 0) is 4.84 Å². The fraction of sp³-hybridized carbons (Fsp3) is 0.250. The van der Waals surface area contributed by atoms with Gasteiger partial charge in [-0.05, 0) is 0 Å². The summed E-state index contributed by atoms with van der Waals surface area (Å²) in [5.41, 5.74) is -0.459. The monoisotopic (exact) mass is 302 g/mol. The molecule has 1 rings (SSSR count). The Kier molecular flexibility index (Phi) is 4.27. The van der Waals surface area contributed by atoms with Crippen LogP contribution in [0, 0.1) is 40.5 Å². The minimum absolute atomic E-state index is 0.459. The van der Waals surface area contributed by atoms with Gasteiger partial charge >= 0.3 is 11.9 Å². The lowest BCUT2D eigenvalue weighted by Crippen LogP contribution is -2.58. The summed E-state index contributed by atoms with van der Waals surface area (Å²) in [6, 6.07) is 5.87. The third-order valence-corrected chi connectivity index (χ3v) is 2.45. The predicted octanol–water partition coefficient (Wildman–Crippen LogP) is 0.420. The summed E-state index contributed by atoms with van der Waals surface area (Å²) in [6.45, 7) is 0. The van der Waals surface area contributed by atoms with Crippen molar-refractivity contribution < 1.29 is 24.7 Å². The van der Waals surface area contributed by atoms with Crippen LogP contribution in [0.25, 0.3) is 0 Å². The van der Waals surface area contributed by atoms with E-state index in [0.717, 1.165) is 12.1 Å². The van der Waals surface area contributed by atoms with Crippen molar-refractivity contribution >= 4 is 0 Å². The fourth-order valence-electron chi connectivity index (χ4n) is 1.56. The van der Waals surface area contributed by atoms with Crippen LogP contribution in [0.2, 0.25) is 0 Å². The molecule has 1 aromatic carbocycles. The second-order valence-corrected chi connectivity index (χ2v) is 3.58. The molecule has 0 fully saturated rings. The molecule has 0 bridgehead atoms. The first-order chi connectivity index (χ1) is 9.74. The first-order valence-corrected chi connectivity index (χ1v) is 5.04. The summed E-state index contributed by atoms with van der Waals surface area (Å²) >= 11 is 0. The van der Waals surface area contributed by atoms with Crippen molar-refractivity contribution in [1.82, 2.24) is 0 Å². The number of hydrogen-bond donors (Lipinski definition) is 0. The molecule has 0 heterocycles. The minimum atomic E-state index is -4.14. The quantitative estimate of drug-likeness (QED) is 0.391. The van der Waals surface area contributed by atoms with E-state index in [4.69, 9.17) is 0 Å². The third-order valence-electron chi connectivity index (χ3n) is 2.45. The standard InChI is InChI=1S/C8H6N4O9/c13-9(14)8(10(15)16,11(17)18)7(21-12(19)20)6-4-2-1-3-5-6/h1-5,7H. The molecule has 0 aliphatic rings. The van der Waals surface area contributed by atoms with Gasteiger partial charge in [-0.15, -0.1) is 10.1 Å². The van der Waals surface area contributed by atoms with Crippen molar-refractivity contribution in [1.29, 1.82) is 0 Å². The maximum Gasteiger partial charge on any atom is 0.731 e. The van der Waals surface area contributed by atoms with Crippen LogP contribution >= 0.6 is 0 Å². The SMILES string of the molecule is O=[N+]([O-])OC(c1ccccc1)C([N+](=O)[O-])([N+](=O)[O-])[N+](=O)[O-]. The fourth-order valence-corrected chi connectivity index (χ4v) is 1.56. The molecule has 112 valence electrons. The molecule has 0 aliphatic heterocycles. The number of nitro groups is 3. The van der Waals surface area contributed by atoms with Gasteiger partial charge in [-0.1, -0.05) is 30.3 Å². The van der Waals surface area contributed by atoms with E-state index in [-0.39, 0.29) is 0 Å². The molecular formula is C8H6N4O9. The molecular weight excluding hydrogens is 296 g/mol. The van der Waals surface area contributed by atoms with E-state index in [9.17, 15) is 40.5 Å². The zero-order valence-corrected chi connectivity index (χ0v) is 9.93. The summed E-state index contributed by atoms with van der Waals surface area (Å²) in [6.07, 6.45) is -2.66. The van der Waals surface area contributed by atoms with E-state index in [1.165, 1.54) is 18.2 Å². The summed E-state index contributed by atoms with van der Waals surface area (Å²) in [7, 11) is 0. The van der Waals surface area contributed by atoms with Gasteiger partial charge in [0.15, 0.2) is 14.8 Å². The third kappa shape index (κ3) is 2.65. The van der Waals surface area contributed by atoms with Gasteiger partial charge in [0.2, 0.25) is 0 Å². The Morgan fingerprint density at radius 1 is 0.857 bits per heavy atom. The Morgan fingerprint density at radius 3 is 1.62 bits per heavy atom. The van der Waals surface area contributed by atoms with Gasteiger partial charge in [0.05, 0.1) is 0 Å². The molecule has 0 saturated carbocycles. The highest BCUT2D eigenvalue weighted by Gasteiger charge is 2.79. The molecule has 0 N–H and O–H groups in total. The van der Waals surface area contributed by atoms with Gasteiger partial charge < -0.3 is 0 Å². The van der Waals surface area contributed by atoms with Crippen LogP contribution < -0.4 is 0 Å². The normalized spacial score (nSPS) is 12.2. The van der Waals surface area contributed by atoms with Crippen molar-refractivity contribution in [2.24, 2.45) is 0 Å². The highest BCUT2D eigenvalue weighted by molar-refractivity contribution is 5.18. The lowest BCUT2D eigenvalue weighted by atomic mass is 10.0. The summed E-state index contributed by atoms with van der Waals surface area (Å²) in [5.74, 6) is -4.14. The lowest BCUT2D eigenvalue weighted by Gasteiger charge is -2.17. The molecule has 0 radical (unpaired) electrons. The molecule has 0 aromatic heterocycles. The lowest BCUT2D eigenvalue weighted by molar-refractivity contribution is -0.993. The van der Waals surface area contributed by atoms with Gasteiger partial charge in [-0.3, -0.25) is 35.2 Å². The number of nitrogens with zero attached hydrogens (tertiary/aromatic N) is 4. The van der Waals surface area contributed by atoms with Crippen molar-refractivity contribution in [3.63, 3.8) is 0 Å². The second kappa shape index (κ2) is 5.72.